The fourth-order valence-corrected chi connectivity index (χ4v) is 2.00. The summed E-state index contributed by atoms with van der Waals surface area (Å²) in [5, 5.41) is 13.6. The Morgan fingerprint density at radius 2 is 1.73 bits per heavy atom. The molecule has 3 rings (SSSR count). The number of rotatable bonds is 3. The maximum atomic E-state index is 12.3. The zero-order valence-electron chi connectivity index (χ0n) is 11.4. The standard InChI is InChI=1S/C16H11N3O3/c20-14-4-2-1-3-13(14)15(21)12-9-18-19(10-12)16(22)11-5-7-17-8-6-11/h1-10,20H. The van der Waals surface area contributed by atoms with Crippen LogP contribution in [0.3, 0.4) is 0 Å². The molecule has 2 heterocycles. The lowest BCUT2D eigenvalue weighted by atomic mass is 10.1. The minimum atomic E-state index is -0.396. The topological polar surface area (TPSA) is 85.1 Å². The van der Waals surface area contributed by atoms with Crippen molar-refractivity contribution in [2.75, 3.05) is 0 Å². The molecule has 0 aliphatic carbocycles. The first-order chi connectivity index (χ1) is 10.7. The molecule has 1 N–H and O–H groups in total. The fourth-order valence-electron chi connectivity index (χ4n) is 2.00. The van der Waals surface area contributed by atoms with Crippen molar-refractivity contribution < 1.29 is 14.7 Å². The Bertz CT molecular complexity index is 841. The number of hydrogen-bond donors (Lipinski definition) is 1. The zero-order valence-corrected chi connectivity index (χ0v) is 11.4. The minimum absolute atomic E-state index is 0.110. The summed E-state index contributed by atoms with van der Waals surface area (Å²) in [7, 11) is 0. The summed E-state index contributed by atoms with van der Waals surface area (Å²) in [5.74, 6) is -0.869. The number of hydrogen-bond acceptors (Lipinski definition) is 5. The molecule has 0 unspecified atom stereocenters. The molecule has 0 radical (unpaired) electrons. The highest BCUT2D eigenvalue weighted by Crippen LogP contribution is 2.19. The van der Waals surface area contributed by atoms with Gasteiger partial charge in [0.1, 0.15) is 5.75 Å². The van der Waals surface area contributed by atoms with E-state index in [0.717, 1.165) is 4.68 Å². The quantitative estimate of drug-likeness (QED) is 0.745. The van der Waals surface area contributed by atoms with Crippen LogP contribution in [0.1, 0.15) is 26.3 Å². The van der Waals surface area contributed by atoms with E-state index in [4.69, 9.17) is 0 Å². The van der Waals surface area contributed by atoms with E-state index in [1.165, 1.54) is 36.9 Å². The van der Waals surface area contributed by atoms with Crippen molar-refractivity contribution in [1.82, 2.24) is 14.8 Å². The van der Waals surface area contributed by atoms with Crippen molar-refractivity contribution in [3.05, 3.63) is 77.9 Å². The Morgan fingerprint density at radius 1 is 1.00 bits per heavy atom. The number of nitrogens with zero attached hydrogens (tertiary/aromatic N) is 3. The molecular weight excluding hydrogens is 282 g/mol. The normalized spacial score (nSPS) is 10.4. The molecule has 0 aliphatic rings. The highest BCUT2D eigenvalue weighted by atomic mass is 16.3. The van der Waals surface area contributed by atoms with Crippen LogP contribution in [-0.2, 0) is 0 Å². The van der Waals surface area contributed by atoms with Crippen LogP contribution in [0.2, 0.25) is 0 Å². The van der Waals surface area contributed by atoms with Crippen LogP contribution in [0.5, 0.6) is 5.75 Å². The van der Waals surface area contributed by atoms with Crippen LogP contribution >= 0.6 is 0 Å². The van der Waals surface area contributed by atoms with E-state index in [0.29, 0.717) is 5.56 Å². The van der Waals surface area contributed by atoms with E-state index in [9.17, 15) is 14.7 Å². The Morgan fingerprint density at radius 3 is 2.45 bits per heavy atom. The first-order valence-corrected chi connectivity index (χ1v) is 6.49. The van der Waals surface area contributed by atoms with Gasteiger partial charge in [-0.05, 0) is 24.3 Å². The van der Waals surface area contributed by atoms with E-state index in [-0.39, 0.29) is 22.8 Å². The van der Waals surface area contributed by atoms with Gasteiger partial charge >= 0.3 is 0 Å². The second-order valence-corrected chi connectivity index (χ2v) is 4.56. The van der Waals surface area contributed by atoms with Gasteiger partial charge < -0.3 is 5.11 Å². The molecule has 0 amide bonds. The third kappa shape index (κ3) is 2.49. The van der Waals surface area contributed by atoms with E-state index in [1.54, 1.807) is 24.3 Å². The molecular formula is C16H11N3O3. The smallest absolute Gasteiger partial charge is 0.278 e. The van der Waals surface area contributed by atoms with E-state index >= 15 is 0 Å². The molecule has 6 heteroatoms. The number of carbonyl (C=O) groups excluding carboxylic acids is 2. The van der Waals surface area contributed by atoms with Gasteiger partial charge in [-0.3, -0.25) is 14.6 Å². The average molecular weight is 293 g/mol. The Hall–Kier alpha value is -3.28. The van der Waals surface area contributed by atoms with Crippen molar-refractivity contribution in [1.29, 1.82) is 0 Å². The molecule has 0 bridgehead atoms. The second-order valence-electron chi connectivity index (χ2n) is 4.56. The second kappa shape index (κ2) is 5.61. The van der Waals surface area contributed by atoms with Gasteiger partial charge in [-0.25, -0.2) is 4.68 Å². The molecule has 6 nitrogen and oxygen atoms in total. The average Bonchev–Trinajstić information content (AvgIpc) is 3.05. The lowest BCUT2D eigenvalue weighted by Crippen LogP contribution is -2.12. The molecule has 0 saturated carbocycles. The summed E-state index contributed by atoms with van der Waals surface area (Å²) in [6, 6.07) is 9.35. The monoisotopic (exact) mass is 293 g/mol. The highest BCUT2D eigenvalue weighted by molar-refractivity contribution is 6.10. The van der Waals surface area contributed by atoms with Gasteiger partial charge in [0.15, 0.2) is 5.78 Å². The van der Waals surface area contributed by atoms with Gasteiger partial charge in [-0.15, -0.1) is 0 Å². The lowest BCUT2D eigenvalue weighted by molar-refractivity contribution is 0.0945. The van der Waals surface area contributed by atoms with Crippen LogP contribution in [0.25, 0.3) is 0 Å². The van der Waals surface area contributed by atoms with Crippen LogP contribution in [-0.4, -0.2) is 31.6 Å². The summed E-state index contributed by atoms with van der Waals surface area (Å²) in [6.07, 6.45) is 5.65. The van der Waals surface area contributed by atoms with E-state index in [2.05, 4.69) is 10.1 Å². The molecule has 2 aromatic heterocycles. The number of ketones is 1. The number of phenols is 1. The predicted octanol–water partition coefficient (Wildman–Crippen LogP) is 1.90. The van der Waals surface area contributed by atoms with Gasteiger partial charge in [0, 0.05) is 24.2 Å². The summed E-state index contributed by atoms with van der Waals surface area (Å²) >= 11 is 0. The first kappa shape index (κ1) is 13.7. The number of aromatic hydroxyl groups is 1. The summed E-state index contributed by atoms with van der Waals surface area (Å²) < 4.78 is 1.09. The number of carbonyl (C=O) groups is 2. The Kier molecular flexibility index (Phi) is 3.49. The van der Waals surface area contributed by atoms with Gasteiger partial charge in [0.25, 0.3) is 5.91 Å². The van der Waals surface area contributed by atoms with Crippen molar-refractivity contribution in [2.24, 2.45) is 0 Å². The Balaban J connectivity index is 1.90. The summed E-state index contributed by atoms with van der Waals surface area (Å²) in [4.78, 5) is 28.3. The molecule has 0 fully saturated rings. The predicted molar refractivity (Wildman–Crippen MR) is 77.7 cm³/mol. The number of phenolic OH excluding ortho intramolecular Hbond substituents is 1. The fraction of sp³-hybridized carbons (Fsp3) is 0. The first-order valence-electron chi connectivity index (χ1n) is 6.49. The lowest BCUT2D eigenvalue weighted by Gasteiger charge is -2.01. The maximum absolute atomic E-state index is 12.3. The molecule has 22 heavy (non-hydrogen) atoms. The SMILES string of the molecule is O=C(c1cnn(C(=O)c2ccncc2)c1)c1ccccc1O. The highest BCUT2D eigenvalue weighted by Gasteiger charge is 2.17. The van der Waals surface area contributed by atoms with Crippen LogP contribution in [0.4, 0.5) is 0 Å². The molecule has 0 aliphatic heterocycles. The number of pyridine rings is 1. The van der Waals surface area contributed by atoms with Gasteiger partial charge in [0.05, 0.1) is 17.3 Å². The van der Waals surface area contributed by atoms with Gasteiger partial charge in [-0.1, -0.05) is 12.1 Å². The number of para-hydroxylation sites is 1. The van der Waals surface area contributed by atoms with E-state index in [1.807, 2.05) is 0 Å². The molecule has 0 atom stereocenters. The van der Waals surface area contributed by atoms with Gasteiger partial charge in [-0.2, -0.15) is 5.10 Å². The van der Waals surface area contributed by atoms with Crippen LogP contribution < -0.4 is 0 Å². The third-order valence-electron chi connectivity index (χ3n) is 3.13. The van der Waals surface area contributed by atoms with E-state index < -0.39 is 5.78 Å². The number of aromatic nitrogens is 3. The third-order valence-corrected chi connectivity index (χ3v) is 3.13. The molecule has 0 saturated heterocycles. The van der Waals surface area contributed by atoms with Crippen molar-refractivity contribution in [3.63, 3.8) is 0 Å². The number of benzene rings is 1. The summed E-state index contributed by atoms with van der Waals surface area (Å²) in [5.41, 5.74) is 0.807. The molecule has 1 aromatic carbocycles. The van der Waals surface area contributed by atoms with Crippen molar-refractivity contribution in [2.45, 2.75) is 0 Å². The molecule has 0 spiro atoms. The molecule has 3 aromatic rings. The van der Waals surface area contributed by atoms with Crippen molar-refractivity contribution in [3.8, 4) is 5.75 Å². The van der Waals surface area contributed by atoms with Crippen LogP contribution in [0, 0.1) is 0 Å². The minimum Gasteiger partial charge on any atom is -0.507 e. The maximum Gasteiger partial charge on any atom is 0.278 e. The Labute approximate surface area is 125 Å². The van der Waals surface area contributed by atoms with Crippen LogP contribution in [0.15, 0.2) is 61.2 Å². The molecule has 108 valence electrons. The van der Waals surface area contributed by atoms with Gasteiger partial charge in [0.2, 0.25) is 0 Å². The largest absolute Gasteiger partial charge is 0.507 e. The van der Waals surface area contributed by atoms with Crippen molar-refractivity contribution >= 4 is 11.7 Å². The zero-order chi connectivity index (χ0) is 15.5. The summed E-state index contributed by atoms with van der Waals surface area (Å²) in [6.45, 7) is 0.